The molecule has 172 valence electrons. The van der Waals surface area contributed by atoms with E-state index in [-0.39, 0.29) is 0 Å². The molecule has 0 aliphatic carbocycles. The second-order valence-corrected chi connectivity index (χ2v) is 9.15. The maximum atomic E-state index is 3.75. The van der Waals surface area contributed by atoms with Crippen LogP contribution in [0.3, 0.4) is 0 Å². The SMILES string of the molecule is CCc1cc(CC)c(NCCN(Br)CNc2c(CC)cc(CC)cc2CC)c(CC)c1. The lowest BCUT2D eigenvalue weighted by Crippen LogP contribution is -2.26. The molecule has 0 fully saturated rings. The summed E-state index contributed by atoms with van der Waals surface area (Å²) >= 11 is 3.75. The molecule has 2 aromatic carbocycles. The first-order chi connectivity index (χ1) is 15.0. The molecular weight excluding hydrogens is 446 g/mol. The van der Waals surface area contributed by atoms with Crippen LogP contribution in [0.15, 0.2) is 24.3 Å². The highest BCUT2D eigenvalue weighted by atomic mass is 79.9. The zero-order chi connectivity index (χ0) is 22.8. The van der Waals surface area contributed by atoms with Crippen molar-refractivity contribution >= 4 is 27.5 Å². The van der Waals surface area contributed by atoms with Gasteiger partial charge in [0, 0.05) is 40.6 Å². The predicted octanol–water partition coefficient (Wildman–Crippen LogP) is 7.15. The topological polar surface area (TPSA) is 27.3 Å². The fourth-order valence-electron chi connectivity index (χ4n) is 4.20. The van der Waals surface area contributed by atoms with Crippen molar-refractivity contribution in [1.82, 2.24) is 3.93 Å². The summed E-state index contributed by atoms with van der Waals surface area (Å²) in [5.41, 5.74) is 11.3. The van der Waals surface area contributed by atoms with E-state index < -0.39 is 0 Å². The quantitative estimate of drug-likeness (QED) is 0.232. The third-order valence-electron chi connectivity index (χ3n) is 6.15. The maximum Gasteiger partial charge on any atom is 0.0779 e. The lowest BCUT2D eigenvalue weighted by Gasteiger charge is -2.22. The van der Waals surface area contributed by atoms with Crippen LogP contribution in [0.4, 0.5) is 11.4 Å². The van der Waals surface area contributed by atoms with E-state index in [2.05, 4.69) is 96.5 Å². The van der Waals surface area contributed by atoms with E-state index in [1.165, 1.54) is 44.8 Å². The first-order valence-corrected chi connectivity index (χ1v) is 12.9. The van der Waals surface area contributed by atoms with Crippen molar-refractivity contribution in [2.75, 3.05) is 30.4 Å². The van der Waals surface area contributed by atoms with Gasteiger partial charge in [0.25, 0.3) is 0 Å². The Balaban J connectivity index is 1.99. The Hall–Kier alpha value is -1.52. The van der Waals surface area contributed by atoms with Crippen molar-refractivity contribution in [1.29, 1.82) is 0 Å². The van der Waals surface area contributed by atoms with Gasteiger partial charge in [-0.15, -0.1) is 0 Å². The van der Waals surface area contributed by atoms with Gasteiger partial charge in [-0.2, -0.15) is 0 Å². The van der Waals surface area contributed by atoms with Crippen LogP contribution in [0.25, 0.3) is 0 Å². The van der Waals surface area contributed by atoms with Crippen LogP contribution in [-0.2, 0) is 38.5 Å². The van der Waals surface area contributed by atoms with Crippen molar-refractivity contribution < 1.29 is 0 Å². The molecule has 0 unspecified atom stereocenters. The summed E-state index contributed by atoms with van der Waals surface area (Å²) in [5.74, 6) is 0. The minimum atomic E-state index is 0.781. The number of anilines is 2. The monoisotopic (exact) mass is 487 g/mol. The smallest absolute Gasteiger partial charge is 0.0779 e. The predicted molar refractivity (Wildman–Crippen MR) is 142 cm³/mol. The third-order valence-corrected chi connectivity index (χ3v) is 6.75. The van der Waals surface area contributed by atoms with Crippen LogP contribution in [0.1, 0.15) is 74.9 Å². The first kappa shape index (κ1) is 25.7. The number of hydrogen-bond donors (Lipinski definition) is 2. The fourth-order valence-corrected chi connectivity index (χ4v) is 4.51. The molecular formula is C27H42BrN3. The molecule has 2 rings (SSSR count). The number of nitrogens with one attached hydrogen (secondary N) is 2. The lowest BCUT2D eigenvalue weighted by molar-refractivity contribution is 0.538. The molecule has 4 heteroatoms. The highest BCUT2D eigenvalue weighted by Gasteiger charge is 2.11. The van der Waals surface area contributed by atoms with Gasteiger partial charge in [0.2, 0.25) is 0 Å². The van der Waals surface area contributed by atoms with Crippen molar-refractivity contribution in [2.45, 2.75) is 80.1 Å². The summed E-state index contributed by atoms with van der Waals surface area (Å²) in [7, 11) is 0. The first-order valence-electron chi connectivity index (χ1n) is 12.2. The molecule has 0 aliphatic heterocycles. The number of halogens is 1. The number of nitrogens with zero attached hydrogens (tertiary/aromatic N) is 1. The van der Waals surface area contributed by atoms with Crippen LogP contribution in [0.5, 0.6) is 0 Å². The highest BCUT2D eigenvalue weighted by molar-refractivity contribution is 9.07. The molecule has 0 radical (unpaired) electrons. The van der Waals surface area contributed by atoms with E-state index in [1.54, 1.807) is 0 Å². The zero-order valence-corrected chi connectivity index (χ0v) is 22.1. The van der Waals surface area contributed by atoms with E-state index in [9.17, 15) is 0 Å². The van der Waals surface area contributed by atoms with Gasteiger partial charge in [0.1, 0.15) is 0 Å². The molecule has 0 amide bonds. The Labute approximate surface area is 199 Å². The summed E-state index contributed by atoms with van der Waals surface area (Å²) in [6, 6.07) is 9.46. The number of aryl methyl sites for hydroxylation is 6. The molecule has 0 saturated heterocycles. The summed E-state index contributed by atoms with van der Waals surface area (Å²) in [6.07, 6.45) is 6.43. The molecule has 0 spiro atoms. The molecule has 0 saturated carbocycles. The van der Waals surface area contributed by atoms with Gasteiger partial charge < -0.3 is 10.6 Å². The van der Waals surface area contributed by atoms with E-state index in [4.69, 9.17) is 0 Å². The van der Waals surface area contributed by atoms with Crippen molar-refractivity contribution in [2.24, 2.45) is 0 Å². The van der Waals surface area contributed by atoms with Gasteiger partial charge in [0.05, 0.1) is 6.67 Å². The summed E-state index contributed by atoms with van der Waals surface area (Å²) in [5, 5.41) is 7.42. The van der Waals surface area contributed by atoms with Crippen LogP contribution in [0, 0.1) is 0 Å². The zero-order valence-electron chi connectivity index (χ0n) is 20.5. The van der Waals surface area contributed by atoms with Gasteiger partial charge in [0.15, 0.2) is 0 Å². The van der Waals surface area contributed by atoms with E-state index >= 15 is 0 Å². The molecule has 2 N–H and O–H groups in total. The number of hydrogen-bond acceptors (Lipinski definition) is 3. The van der Waals surface area contributed by atoms with Crippen molar-refractivity contribution in [3.63, 3.8) is 0 Å². The Bertz CT molecular complexity index is 781. The molecule has 31 heavy (non-hydrogen) atoms. The normalized spacial score (nSPS) is 11.2. The molecule has 0 aliphatic rings. The van der Waals surface area contributed by atoms with Gasteiger partial charge in [-0.3, -0.25) is 0 Å². The van der Waals surface area contributed by atoms with Gasteiger partial charge in [-0.1, -0.05) is 65.8 Å². The van der Waals surface area contributed by atoms with Crippen LogP contribution < -0.4 is 10.6 Å². The van der Waals surface area contributed by atoms with Crippen LogP contribution in [-0.4, -0.2) is 23.7 Å². The molecule has 0 aromatic heterocycles. The van der Waals surface area contributed by atoms with Crippen molar-refractivity contribution in [3.05, 3.63) is 57.6 Å². The summed E-state index contributed by atoms with van der Waals surface area (Å²) in [6.45, 7) is 16.1. The molecule has 3 nitrogen and oxygen atoms in total. The Morgan fingerprint density at radius 1 is 0.613 bits per heavy atom. The highest BCUT2D eigenvalue weighted by Crippen LogP contribution is 2.27. The van der Waals surface area contributed by atoms with Crippen LogP contribution >= 0.6 is 16.1 Å². The third kappa shape index (κ3) is 6.98. The van der Waals surface area contributed by atoms with Gasteiger partial charge >= 0.3 is 0 Å². The maximum absolute atomic E-state index is 3.75. The van der Waals surface area contributed by atoms with Gasteiger partial charge in [-0.05, 0) is 71.9 Å². The van der Waals surface area contributed by atoms with E-state index in [0.717, 1.165) is 58.3 Å². The second-order valence-electron chi connectivity index (χ2n) is 8.15. The molecule has 2 aromatic rings. The Morgan fingerprint density at radius 2 is 1.00 bits per heavy atom. The fraction of sp³-hybridized carbons (Fsp3) is 0.556. The average molecular weight is 489 g/mol. The van der Waals surface area contributed by atoms with Gasteiger partial charge in [-0.25, -0.2) is 3.93 Å². The van der Waals surface area contributed by atoms with E-state index in [0.29, 0.717) is 0 Å². The number of rotatable bonds is 13. The summed E-state index contributed by atoms with van der Waals surface area (Å²) in [4.78, 5) is 0. The van der Waals surface area contributed by atoms with Crippen LogP contribution in [0.2, 0.25) is 0 Å². The standard InChI is InChI=1S/C27H42BrN3/c1-7-20-15-22(9-3)26(23(10-4)16-20)29-13-14-31(28)19-30-27-24(11-5)17-21(8-2)18-25(27)12-6/h15-18,29-30H,7-14,19H2,1-6H3. The number of benzene rings is 2. The second kappa shape index (κ2) is 13.1. The van der Waals surface area contributed by atoms with E-state index in [1.807, 2.05) is 0 Å². The molecule has 0 bridgehead atoms. The summed E-state index contributed by atoms with van der Waals surface area (Å²) < 4.78 is 2.18. The molecule has 0 heterocycles. The lowest BCUT2D eigenvalue weighted by atomic mass is 9.98. The minimum absolute atomic E-state index is 0.781. The minimum Gasteiger partial charge on any atom is -0.383 e. The van der Waals surface area contributed by atoms with Crippen molar-refractivity contribution in [3.8, 4) is 0 Å². The Kier molecular flexibility index (Phi) is 10.9. The average Bonchev–Trinajstić information content (AvgIpc) is 2.81. The Morgan fingerprint density at radius 3 is 1.35 bits per heavy atom. The largest absolute Gasteiger partial charge is 0.383 e. The molecule has 0 atom stereocenters.